The summed E-state index contributed by atoms with van der Waals surface area (Å²) in [7, 11) is 1.97. The number of nitrogens with zero attached hydrogens (tertiary/aromatic N) is 1. The van der Waals surface area contributed by atoms with Crippen LogP contribution in [0, 0.1) is 0 Å². The van der Waals surface area contributed by atoms with Crippen molar-refractivity contribution in [2.75, 3.05) is 7.05 Å². The second kappa shape index (κ2) is 2.71. The summed E-state index contributed by atoms with van der Waals surface area (Å²) >= 11 is 5.98. The molecule has 1 N–H and O–H groups in total. The van der Waals surface area contributed by atoms with E-state index in [9.17, 15) is 0 Å². The lowest BCUT2D eigenvalue weighted by molar-refractivity contribution is 0.583. The predicted molar refractivity (Wildman–Crippen MR) is 49.2 cm³/mol. The average molecular weight is 183 g/mol. The molecule has 1 fully saturated rings. The van der Waals surface area contributed by atoms with Gasteiger partial charge in [-0.3, -0.25) is 0 Å². The van der Waals surface area contributed by atoms with Crippen molar-refractivity contribution in [3.05, 3.63) is 29.0 Å². The van der Waals surface area contributed by atoms with Gasteiger partial charge in [-0.1, -0.05) is 17.7 Å². The zero-order chi connectivity index (χ0) is 8.60. The first kappa shape index (κ1) is 8.02. The van der Waals surface area contributed by atoms with Crippen LogP contribution in [0.2, 0.25) is 5.15 Å². The van der Waals surface area contributed by atoms with E-state index >= 15 is 0 Å². The van der Waals surface area contributed by atoms with E-state index in [4.69, 9.17) is 11.6 Å². The van der Waals surface area contributed by atoms with Gasteiger partial charge >= 0.3 is 0 Å². The van der Waals surface area contributed by atoms with Crippen molar-refractivity contribution < 1.29 is 0 Å². The van der Waals surface area contributed by atoms with Gasteiger partial charge in [0.2, 0.25) is 0 Å². The number of rotatable bonds is 2. The van der Waals surface area contributed by atoms with E-state index in [1.165, 1.54) is 0 Å². The summed E-state index contributed by atoms with van der Waals surface area (Å²) in [6.07, 6.45) is 4.04. The van der Waals surface area contributed by atoms with Crippen molar-refractivity contribution in [2.45, 2.75) is 18.4 Å². The number of hydrogen-bond donors (Lipinski definition) is 1. The second-order valence-electron chi connectivity index (χ2n) is 3.17. The van der Waals surface area contributed by atoms with Gasteiger partial charge in [0.25, 0.3) is 0 Å². The van der Waals surface area contributed by atoms with Crippen molar-refractivity contribution in [1.29, 1.82) is 0 Å². The summed E-state index contributed by atoms with van der Waals surface area (Å²) in [5.74, 6) is 0. The quantitative estimate of drug-likeness (QED) is 0.708. The lowest BCUT2D eigenvalue weighted by Gasteiger charge is -2.14. The van der Waals surface area contributed by atoms with Crippen molar-refractivity contribution in [1.82, 2.24) is 10.3 Å². The maximum atomic E-state index is 5.98. The van der Waals surface area contributed by atoms with E-state index < -0.39 is 0 Å². The topological polar surface area (TPSA) is 24.9 Å². The van der Waals surface area contributed by atoms with Gasteiger partial charge in [0.05, 0.1) is 0 Å². The van der Waals surface area contributed by atoms with Gasteiger partial charge in [-0.15, -0.1) is 0 Å². The predicted octanol–water partition coefficient (Wildman–Crippen LogP) is 1.94. The van der Waals surface area contributed by atoms with Crippen LogP contribution in [0.4, 0.5) is 0 Å². The highest BCUT2D eigenvalue weighted by Crippen LogP contribution is 2.46. The standard InChI is InChI=1S/C9H11ClN2/c1-11-9(4-5-9)7-3-2-6-12-8(7)10/h2-3,6,11H,4-5H2,1H3. The Morgan fingerprint density at radius 3 is 2.83 bits per heavy atom. The molecular formula is C9H11ClN2. The third-order valence-corrected chi connectivity index (χ3v) is 2.80. The highest BCUT2D eigenvalue weighted by Gasteiger charge is 2.44. The van der Waals surface area contributed by atoms with E-state index in [2.05, 4.69) is 10.3 Å². The van der Waals surface area contributed by atoms with Crippen molar-refractivity contribution >= 4 is 11.6 Å². The molecule has 1 aliphatic carbocycles. The molecule has 0 radical (unpaired) electrons. The molecule has 2 rings (SSSR count). The largest absolute Gasteiger partial charge is 0.310 e. The van der Waals surface area contributed by atoms with E-state index in [-0.39, 0.29) is 5.54 Å². The minimum absolute atomic E-state index is 0.130. The molecule has 0 aromatic carbocycles. The monoisotopic (exact) mass is 182 g/mol. The minimum Gasteiger partial charge on any atom is -0.310 e. The molecule has 0 aliphatic heterocycles. The normalized spacial score (nSPS) is 19.2. The molecule has 0 saturated heterocycles. The van der Waals surface area contributed by atoms with Crippen LogP contribution in [0.3, 0.4) is 0 Å². The zero-order valence-corrected chi connectivity index (χ0v) is 7.73. The molecule has 0 spiro atoms. The van der Waals surface area contributed by atoms with Gasteiger partial charge in [-0.2, -0.15) is 0 Å². The molecule has 1 saturated carbocycles. The Kier molecular flexibility index (Phi) is 1.81. The molecule has 3 heteroatoms. The first-order valence-corrected chi connectivity index (χ1v) is 4.46. The summed E-state index contributed by atoms with van der Waals surface area (Å²) in [6, 6.07) is 3.97. The number of aromatic nitrogens is 1. The first-order valence-electron chi connectivity index (χ1n) is 4.08. The smallest absolute Gasteiger partial charge is 0.134 e. The average Bonchev–Trinajstić information content (AvgIpc) is 2.86. The molecule has 0 bridgehead atoms. The van der Waals surface area contributed by atoms with Crippen molar-refractivity contribution in [2.24, 2.45) is 0 Å². The first-order chi connectivity index (χ1) is 5.78. The van der Waals surface area contributed by atoms with E-state index in [0.717, 1.165) is 18.4 Å². The lowest BCUT2D eigenvalue weighted by Crippen LogP contribution is -2.24. The number of halogens is 1. The van der Waals surface area contributed by atoms with Gasteiger partial charge in [0.1, 0.15) is 5.15 Å². The van der Waals surface area contributed by atoms with E-state index in [1.54, 1.807) is 6.20 Å². The molecule has 2 nitrogen and oxygen atoms in total. The Hall–Kier alpha value is -0.600. The summed E-state index contributed by atoms with van der Waals surface area (Å²) in [5, 5.41) is 3.91. The Labute approximate surface area is 77.0 Å². The van der Waals surface area contributed by atoms with E-state index in [0.29, 0.717) is 5.15 Å². The van der Waals surface area contributed by atoms with Gasteiger partial charge in [0, 0.05) is 17.3 Å². The summed E-state index contributed by atoms with van der Waals surface area (Å²) in [4.78, 5) is 4.06. The maximum Gasteiger partial charge on any atom is 0.134 e. The maximum absolute atomic E-state index is 5.98. The molecular weight excluding hydrogens is 172 g/mol. The second-order valence-corrected chi connectivity index (χ2v) is 3.53. The summed E-state index contributed by atoms with van der Waals surface area (Å²) < 4.78 is 0. The van der Waals surface area contributed by atoms with Gasteiger partial charge in [-0.05, 0) is 26.0 Å². The van der Waals surface area contributed by atoms with Crippen LogP contribution >= 0.6 is 11.6 Å². The van der Waals surface area contributed by atoms with Crippen molar-refractivity contribution in [3.63, 3.8) is 0 Å². The molecule has 64 valence electrons. The molecule has 1 aromatic rings. The van der Waals surface area contributed by atoms with Crippen LogP contribution in [0.1, 0.15) is 18.4 Å². The molecule has 1 heterocycles. The van der Waals surface area contributed by atoms with Gasteiger partial charge in [0.15, 0.2) is 0 Å². The Balaban J connectivity index is 2.40. The fourth-order valence-electron chi connectivity index (χ4n) is 1.52. The summed E-state index contributed by atoms with van der Waals surface area (Å²) in [5.41, 5.74) is 1.26. The summed E-state index contributed by atoms with van der Waals surface area (Å²) in [6.45, 7) is 0. The highest BCUT2D eigenvalue weighted by molar-refractivity contribution is 6.30. The van der Waals surface area contributed by atoms with Crippen LogP contribution in [-0.2, 0) is 5.54 Å². The Bertz CT molecular complexity index is 294. The fourth-order valence-corrected chi connectivity index (χ4v) is 1.82. The van der Waals surface area contributed by atoms with Crippen LogP contribution in [0.5, 0.6) is 0 Å². The highest BCUT2D eigenvalue weighted by atomic mass is 35.5. The molecule has 0 unspecified atom stereocenters. The van der Waals surface area contributed by atoms with Gasteiger partial charge in [-0.25, -0.2) is 4.98 Å². The fraction of sp³-hybridized carbons (Fsp3) is 0.444. The Morgan fingerprint density at radius 2 is 2.33 bits per heavy atom. The Morgan fingerprint density at radius 1 is 1.58 bits per heavy atom. The lowest BCUT2D eigenvalue weighted by atomic mass is 10.1. The van der Waals surface area contributed by atoms with Crippen LogP contribution in [-0.4, -0.2) is 12.0 Å². The van der Waals surface area contributed by atoms with Crippen LogP contribution in [0.25, 0.3) is 0 Å². The number of nitrogens with one attached hydrogen (secondary N) is 1. The van der Waals surface area contributed by atoms with Crippen LogP contribution < -0.4 is 5.32 Å². The van der Waals surface area contributed by atoms with Crippen LogP contribution in [0.15, 0.2) is 18.3 Å². The number of hydrogen-bond acceptors (Lipinski definition) is 2. The zero-order valence-electron chi connectivity index (χ0n) is 6.97. The molecule has 1 aromatic heterocycles. The molecule has 12 heavy (non-hydrogen) atoms. The number of pyridine rings is 1. The van der Waals surface area contributed by atoms with Gasteiger partial charge < -0.3 is 5.32 Å². The third kappa shape index (κ3) is 1.11. The molecule has 1 aliphatic rings. The van der Waals surface area contributed by atoms with E-state index in [1.807, 2.05) is 19.2 Å². The molecule has 0 atom stereocenters. The van der Waals surface area contributed by atoms with Crippen molar-refractivity contribution in [3.8, 4) is 0 Å². The third-order valence-electron chi connectivity index (χ3n) is 2.50. The molecule has 0 amide bonds. The SMILES string of the molecule is CNC1(c2cccnc2Cl)CC1. The minimum atomic E-state index is 0.130.